The lowest BCUT2D eigenvalue weighted by molar-refractivity contribution is 0.0698. The highest BCUT2D eigenvalue weighted by Gasteiger charge is 2.14. The Bertz CT molecular complexity index is 479. The number of hydrogen-bond acceptors (Lipinski definition) is 3. The maximum Gasteiger partial charge on any atom is 0.337 e. The number of anilines is 1. The molecule has 6 nitrogen and oxygen atoms in total. The molecule has 0 radical (unpaired) electrons. The van der Waals surface area contributed by atoms with Crippen molar-refractivity contribution in [1.82, 2.24) is 10.2 Å². The smallest absolute Gasteiger partial charge is 0.337 e. The molecule has 2 amide bonds. The topological polar surface area (TPSA) is 81.7 Å². The van der Waals surface area contributed by atoms with Crippen molar-refractivity contribution in [2.45, 2.75) is 0 Å². The Morgan fingerprint density at radius 1 is 1.42 bits per heavy atom. The average Bonchev–Trinajstić information content (AvgIpc) is 2.37. The number of halogens is 1. The number of aromatic carboxylic acids is 1. The van der Waals surface area contributed by atoms with Crippen molar-refractivity contribution in [3.05, 3.63) is 28.2 Å². The van der Waals surface area contributed by atoms with Crippen LogP contribution in [0, 0.1) is 0 Å². The highest BCUT2D eigenvalue weighted by atomic mass is 79.9. The highest BCUT2D eigenvalue weighted by molar-refractivity contribution is 9.10. The van der Waals surface area contributed by atoms with Crippen LogP contribution in [0.25, 0.3) is 0 Å². The Labute approximate surface area is 119 Å². The summed E-state index contributed by atoms with van der Waals surface area (Å²) in [5.41, 5.74) is 0.321. The van der Waals surface area contributed by atoms with E-state index in [4.69, 9.17) is 5.11 Å². The quantitative estimate of drug-likeness (QED) is 0.769. The van der Waals surface area contributed by atoms with E-state index in [0.717, 1.165) is 0 Å². The first kappa shape index (κ1) is 15.5. The van der Waals surface area contributed by atoms with Crippen molar-refractivity contribution in [2.24, 2.45) is 0 Å². The van der Waals surface area contributed by atoms with Gasteiger partial charge in [0, 0.05) is 24.6 Å². The lowest BCUT2D eigenvalue weighted by Crippen LogP contribution is -2.36. The summed E-state index contributed by atoms with van der Waals surface area (Å²) < 4.78 is 0.645. The minimum absolute atomic E-state index is 0.0461. The molecule has 1 aromatic rings. The van der Waals surface area contributed by atoms with Crippen LogP contribution in [-0.4, -0.2) is 49.2 Å². The molecule has 0 atom stereocenters. The Morgan fingerprint density at radius 2 is 2.11 bits per heavy atom. The number of carboxylic acid groups (broad SMARTS) is 1. The molecule has 0 aliphatic heterocycles. The van der Waals surface area contributed by atoms with Crippen molar-refractivity contribution < 1.29 is 14.7 Å². The van der Waals surface area contributed by atoms with Gasteiger partial charge in [-0.1, -0.05) is 15.9 Å². The molecule has 1 rings (SSSR count). The van der Waals surface area contributed by atoms with Gasteiger partial charge in [-0.3, -0.25) is 0 Å². The number of carbonyl (C=O) groups is 2. The third kappa shape index (κ3) is 4.53. The van der Waals surface area contributed by atoms with Crippen LogP contribution in [0.3, 0.4) is 0 Å². The van der Waals surface area contributed by atoms with E-state index in [-0.39, 0.29) is 17.3 Å². The Hall–Kier alpha value is -1.60. The fourth-order valence-electron chi connectivity index (χ4n) is 1.39. The van der Waals surface area contributed by atoms with Gasteiger partial charge in [0.05, 0.1) is 11.3 Å². The van der Waals surface area contributed by atoms with E-state index < -0.39 is 5.97 Å². The molecule has 0 aliphatic rings. The van der Waals surface area contributed by atoms with Crippen molar-refractivity contribution >= 4 is 33.6 Å². The van der Waals surface area contributed by atoms with Crippen LogP contribution in [0.1, 0.15) is 10.4 Å². The van der Waals surface area contributed by atoms with Gasteiger partial charge in [0.1, 0.15) is 0 Å². The second-order valence-electron chi connectivity index (χ2n) is 3.95. The minimum Gasteiger partial charge on any atom is -0.478 e. The fraction of sp³-hybridized carbons (Fsp3) is 0.333. The summed E-state index contributed by atoms with van der Waals surface area (Å²) >= 11 is 3.20. The third-order valence-electron chi connectivity index (χ3n) is 2.50. The molecule has 19 heavy (non-hydrogen) atoms. The Balaban J connectivity index is 2.81. The first-order valence-corrected chi connectivity index (χ1v) is 6.44. The van der Waals surface area contributed by atoms with E-state index in [9.17, 15) is 9.59 Å². The summed E-state index contributed by atoms with van der Waals surface area (Å²) in [4.78, 5) is 24.4. The SMILES string of the molecule is CNCCN(C)C(=O)Nc1ccc(Br)cc1C(=O)O. The molecule has 0 saturated heterocycles. The number of urea groups is 1. The molecule has 0 spiro atoms. The Kier molecular flexibility index (Phi) is 5.78. The van der Waals surface area contributed by atoms with Crippen LogP contribution < -0.4 is 10.6 Å². The van der Waals surface area contributed by atoms with Gasteiger partial charge in [-0.25, -0.2) is 9.59 Å². The predicted octanol–water partition coefficient (Wildman–Crippen LogP) is 1.83. The van der Waals surface area contributed by atoms with Crippen LogP contribution in [0.2, 0.25) is 0 Å². The number of carbonyl (C=O) groups excluding carboxylic acids is 1. The molecule has 0 saturated carbocycles. The van der Waals surface area contributed by atoms with Crippen molar-refractivity contribution in [3.8, 4) is 0 Å². The highest BCUT2D eigenvalue weighted by Crippen LogP contribution is 2.21. The molecule has 7 heteroatoms. The molecule has 0 aliphatic carbocycles. The number of carboxylic acids is 1. The third-order valence-corrected chi connectivity index (χ3v) is 2.99. The largest absolute Gasteiger partial charge is 0.478 e. The maximum absolute atomic E-state index is 11.9. The summed E-state index contributed by atoms with van der Waals surface area (Å²) in [6.07, 6.45) is 0. The molecule has 0 unspecified atom stereocenters. The van der Waals surface area contributed by atoms with Crippen LogP contribution >= 0.6 is 15.9 Å². The van der Waals surface area contributed by atoms with Crippen LogP contribution in [0.4, 0.5) is 10.5 Å². The van der Waals surface area contributed by atoms with Crippen LogP contribution in [-0.2, 0) is 0 Å². The maximum atomic E-state index is 11.9. The molecular formula is C12H16BrN3O3. The summed E-state index contributed by atoms with van der Waals surface area (Å²) in [7, 11) is 3.44. The second-order valence-corrected chi connectivity index (χ2v) is 4.87. The number of hydrogen-bond donors (Lipinski definition) is 3. The normalized spacial score (nSPS) is 10.1. The van der Waals surface area contributed by atoms with E-state index in [0.29, 0.717) is 17.6 Å². The van der Waals surface area contributed by atoms with E-state index >= 15 is 0 Å². The number of rotatable bonds is 5. The molecule has 3 N–H and O–H groups in total. The first-order valence-electron chi connectivity index (χ1n) is 5.65. The monoisotopic (exact) mass is 329 g/mol. The zero-order chi connectivity index (χ0) is 14.4. The second kappa shape index (κ2) is 7.10. The molecule has 0 fully saturated rings. The van der Waals surface area contributed by atoms with E-state index in [2.05, 4.69) is 26.6 Å². The number of amides is 2. The van der Waals surface area contributed by atoms with Gasteiger partial charge in [0.25, 0.3) is 0 Å². The first-order chi connectivity index (χ1) is 8.95. The van der Waals surface area contributed by atoms with Crippen LogP contribution in [0.15, 0.2) is 22.7 Å². The van der Waals surface area contributed by atoms with E-state index in [1.807, 2.05) is 0 Å². The van der Waals surface area contributed by atoms with Crippen molar-refractivity contribution in [2.75, 3.05) is 32.5 Å². The molecule has 104 valence electrons. The molecule has 0 aromatic heterocycles. The lowest BCUT2D eigenvalue weighted by Gasteiger charge is -2.18. The molecule has 0 heterocycles. The van der Waals surface area contributed by atoms with Gasteiger partial charge in [0.2, 0.25) is 0 Å². The summed E-state index contributed by atoms with van der Waals surface area (Å²) in [6.45, 7) is 1.19. The van der Waals surface area contributed by atoms with Gasteiger partial charge in [-0.15, -0.1) is 0 Å². The molecule has 1 aromatic carbocycles. The number of nitrogens with one attached hydrogen (secondary N) is 2. The molecule has 0 bridgehead atoms. The Morgan fingerprint density at radius 3 is 2.68 bits per heavy atom. The van der Waals surface area contributed by atoms with E-state index in [1.54, 1.807) is 26.2 Å². The zero-order valence-electron chi connectivity index (χ0n) is 10.7. The standard InChI is InChI=1S/C12H16BrN3O3/c1-14-5-6-16(2)12(19)15-10-4-3-8(13)7-9(10)11(17)18/h3-4,7,14H,5-6H2,1-2H3,(H,15,19)(H,17,18). The van der Waals surface area contributed by atoms with Crippen LogP contribution in [0.5, 0.6) is 0 Å². The number of nitrogens with zero attached hydrogens (tertiary/aromatic N) is 1. The van der Waals surface area contributed by atoms with E-state index in [1.165, 1.54) is 11.0 Å². The number of benzene rings is 1. The van der Waals surface area contributed by atoms with Gasteiger partial charge in [0.15, 0.2) is 0 Å². The predicted molar refractivity (Wildman–Crippen MR) is 76.7 cm³/mol. The van der Waals surface area contributed by atoms with Gasteiger partial charge in [-0.05, 0) is 25.2 Å². The summed E-state index contributed by atoms with van der Waals surface area (Å²) in [6, 6.07) is 4.33. The van der Waals surface area contributed by atoms with Crippen molar-refractivity contribution in [1.29, 1.82) is 0 Å². The van der Waals surface area contributed by atoms with Crippen molar-refractivity contribution in [3.63, 3.8) is 0 Å². The number of likely N-dealkylation sites (N-methyl/N-ethyl adjacent to an activating group) is 2. The van der Waals surface area contributed by atoms with Gasteiger partial charge in [-0.2, -0.15) is 0 Å². The summed E-state index contributed by atoms with van der Waals surface area (Å²) in [5.74, 6) is -1.09. The van der Waals surface area contributed by atoms with Gasteiger partial charge >= 0.3 is 12.0 Å². The lowest BCUT2D eigenvalue weighted by atomic mass is 10.2. The molecular weight excluding hydrogens is 314 g/mol. The zero-order valence-corrected chi connectivity index (χ0v) is 12.3. The summed E-state index contributed by atoms with van der Waals surface area (Å²) in [5, 5.41) is 14.6. The van der Waals surface area contributed by atoms with Gasteiger partial charge < -0.3 is 20.6 Å². The minimum atomic E-state index is -1.09. The fourth-order valence-corrected chi connectivity index (χ4v) is 1.76. The average molecular weight is 330 g/mol.